The van der Waals surface area contributed by atoms with Crippen LogP contribution < -0.4 is 5.73 Å². The molecule has 1 aliphatic heterocycles. The predicted molar refractivity (Wildman–Crippen MR) is 119 cm³/mol. The van der Waals surface area contributed by atoms with Crippen molar-refractivity contribution >= 4 is 22.7 Å². The zero-order chi connectivity index (χ0) is 20.9. The summed E-state index contributed by atoms with van der Waals surface area (Å²) in [5.41, 5.74) is 9.85. The van der Waals surface area contributed by atoms with Gasteiger partial charge in [-0.1, -0.05) is 42.5 Å². The zero-order valence-electron chi connectivity index (χ0n) is 17.3. The molecule has 156 valence electrons. The number of rotatable bonds is 7. The fraction of sp³-hybridized carbons (Fsp3) is 0.360. The van der Waals surface area contributed by atoms with Gasteiger partial charge >= 0.3 is 0 Å². The number of aryl methyl sites for hydroxylation is 1. The monoisotopic (exact) mass is 403 g/mol. The summed E-state index contributed by atoms with van der Waals surface area (Å²) < 4.78 is 0. The number of para-hydroxylation sites is 1. The normalized spacial score (nSPS) is 14.9. The number of likely N-dealkylation sites (tertiary alicyclic amines) is 1. The number of amides is 2. The van der Waals surface area contributed by atoms with E-state index in [1.54, 1.807) is 0 Å². The number of hydrogen-bond acceptors (Lipinski definition) is 2. The number of hydrogen-bond donors (Lipinski definition) is 2. The molecule has 3 aromatic rings. The summed E-state index contributed by atoms with van der Waals surface area (Å²) >= 11 is 0. The molecule has 0 atom stereocenters. The second-order valence-electron chi connectivity index (χ2n) is 8.35. The van der Waals surface area contributed by atoms with E-state index in [0.29, 0.717) is 25.2 Å². The number of carbonyl (C=O) groups is 2. The van der Waals surface area contributed by atoms with E-state index in [1.165, 1.54) is 5.56 Å². The van der Waals surface area contributed by atoms with E-state index in [2.05, 4.69) is 35.3 Å². The first-order valence-corrected chi connectivity index (χ1v) is 10.8. The third-order valence-corrected chi connectivity index (χ3v) is 6.19. The maximum Gasteiger partial charge on any atom is 0.227 e. The molecule has 30 heavy (non-hydrogen) atoms. The first-order valence-electron chi connectivity index (χ1n) is 10.8. The lowest BCUT2D eigenvalue weighted by molar-refractivity contribution is -0.131. The summed E-state index contributed by atoms with van der Waals surface area (Å²) in [7, 11) is 0. The van der Waals surface area contributed by atoms with Gasteiger partial charge in [0.15, 0.2) is 0 Å². The SMILES string of the molecule is NC(=O)CCc1ccc(CC2CCN(C(=O)Cc3c[nH]c4ccccc34)CC2)cc1. The van der Waals surface area contributed by atoms with Gasteiger partial charge in [-0.3, -0.25) is 9.59 Å². The third kappa shape index (κ3) is 4.90. The molecule has 4 rings (SSSR count). The number of fused-ring (bicyclic) bond motifs is 1. The molecule has 1 saturated heterocycles. The van der Waals surface area contributed by atoms with E-state index in [0.717, 1.165) is 54.4 Å². The van der Waals surface area contributed by atoms with Gasteiger partial charge in [0.25, 0.3) is 0 Å². The van der Waals surface area contributed by atoms with E-state index in [4.69, 9.17) is 5.73 Å². The molecule has 0 saturated carbocycles. The topological polar surface area (TPSA) is 79.2 Å². The predicted octanol–water partition coefficient (Wildman–Crippen LogP) is 3.61. The Morgan fingerprint density at radius 2 is 1.70 bits per heavy atom. The van der Waals surface area contributed by atoms with Crippen molar-refractivity contribution in [3.8, 4) is 0 Å². The molecule has 0 aliphatic carbocycles. The molecule has 0 spiro atoms. The summed E-state index contributed by atoms with van der Waals surface area (Å²) in [4.78, 5) is 29.0. The molecule has 3 N–H and O–H groups in total. The van der Waals surface area contributed by atoms with Gasteiger partial charge in [-0.25, -0.2) is 0 Å². The highest BCUT2D eigenvalue weighted by molar-refractivity contribution is 5.88. The number of benzene rings is 2. The molecule has 0 bridgehead atoms. The van der Waals surface area contributed by atoms with Crippen LogP contribution in [0.4, 0.5) is 0 Å². The van der Waals surface area contributed by atoms with Gasteiger partial charge < -0.3 is 15.6 Å². The van der Waals surface area contributed by atoms with Crippen LogP contribution in [0.15, 0.2) is 54.7 Å². The fourth-order valence-corrected chi connectivity index (χ4v) is 4.38. The van der Waals surface area contributed by atoms with Crippen molar-refractivity contribution in [2.45, 2.75) is 38.5 Å². The maximum atomic E-state index is 12.8. The number of carbonyl (C=O) groups excluding carboxylic acids is 2. The van der Waals surface area contributed by atoms with Gasteiger partial charge in [-0.15, -0.1) is 0 Å². The van der Waals surface area contributed by atoms with E-state index >= 15 is 0 Å². The van der Waals surface area contributed by atoms with Gasteiger partial charge in [-0.05, 0) is 54.4 Å². The van der Waals surface area contributed by atoms with Crippen molar-refractivity contribution in [2.75, 3.05) is 13.1 Å². The van der Waals surface area contributed by atoms with Gasteiger partial charge in [0.05, 0.1) is 6.42 Å². The number of nitrogens with one attached hydrogen (secondary N) is 1. The third-order valence-electron chi connectivity index (χ3n) is 6.19. The molecule has 2 amide bonds. The van der Waals surface area contributed by atoms with E-state index in [9.17, 15) is 9.59 Å². The highest BCUT2D eigenvalue weighted by atomic mass is 16.2. The minimum atomic E-state index is -0.259. The van der Waals surface area contributed by atoms with E-state index in [1.807, 2.05) is 29.3 Å². The van der Waals surface area contributed by atoms with Crippen LogP contribution in [-0.2, 0) is 28.9 Å². The number of piperidine rings is 1. The number of primary amides is 1. The molecule has 2 heterocycles. The molecular formula is C25H29N3O2. The van der Waals surface area contributed by atoms with Crippen LogP contribution >= 0.6 is 0 Å². The number of aromatic amines is 1. The number of aromatic nitrogens is 1. The largest absolute Gasteiger partial charge is 0.370 e. The molecule has 5 heteroatoms. The molecule has 1 aliphatic rings. The van der Waals surface area contributed by atoms with E-state index < -0.39 is 0 Å². The first kappa shape index (κ1) is 20.2. The van der Waals surface area contributed by atoms with Crippen LogP contribution in [0.1, 0.15) is 36.0 Å². The van der Waals surface area contributed by atoms with Crippen molar-refractivity contribution in [2.24, 2.45) is 11.7 Å². The summed E-state index contributed by atoms with van der Waals surface area (Å²) in [6.45, 7) is 1.67. The summed E-state index contributed by atoms with van der Waals surface area (Å²) in [5, 5.41) is 1.14. The van der Waals surface area contributed by atoms with Gasteiger partial charge in [0.1, 0.15) is 0 Å². The highest BCUT2D eigenvalue weighted by Gasteiger charge is 2.23. The van der Waals surface area contributed by atoms with Gasteiger partial charge in [0, 0.05) is 36.6 Å². The van der Waals surface area contributed by atoms with Gasteiger partial charge in [0.2, 0.25) is 11.8 Å². The van der Waals surface area contributed by atoms with Crippen molar-refractivity contribution < 1.29 is 9.59 Å². The quantitative estimate of drug-likeness (QED) is 0.632. The van der Waals surface area contributed by atoms with Crippen LogP contribution in [0.2, 0.25) is 0 Å². The minimum absolute atomic E-state index is 0.219. The highest BCUT2D eigenvalue weighted by Crippen LogP contribution is 2.24. The minimum Gasteiger partial charge on any atom is -0.370 e. The maximum absolute atomic E-state index is 12.8. The van der Waals surface area contributed by atoms with Crippen LogP contribution in [0, 0.1) is 5.92 Å². The second-order valence-corrected chi connectivity index (χ2v) is 8.35. The van der Waals surface area contributed by atoms with Crippen molar-refractivity contribution in [1.82, 2.24) is 9.88 Å². The Labute approximate surface area is 177 Å². The number of nitrogens with zero attached hydrogens (tertiary/aromatic N) is 1. The molecule has 0 radical (unpaired) electrons. The van der Waals surface area contributed by atoms with Gasteiger partial charge in [-0.2, -0.15) is 0 Å². The Morgan fingerprint density at radius 3 is 2.43 bits per heavy atom. The molecule has 1 fully saturated rings. The Balaban J connectivity index is 1.26. The van der Waals surface area contributed by atoms with Crippen molar-refractivity contribution in [3.05, 3.63) is 71.4 Å². The molecule has 1 aromatic heterocycles. The summed E-state index contributed by atoms with van der Waals surface area (Å²) in [6, 6.07) is 16.6. The Hall–Kier alpha value is -3.08. The molecular weight excluding hydrogens is 374 g/mol. The summed E-state index contributed by atoms with van der Waals surface area (Å²) in [6.07, 6.45) is 6.65. The number of nitrogens with two attached hydrogens (primary N) is 1. The Morgan fingerprint density at radius 1 is 1.00 bits per heavy atom. The molecule has 5 nitrogen and oxygen atoms in total. The van der Waals surface area contributed by atoms with Crippen LogP contribution in [0.3, 0.4) is 0 Å². The molecule has 0 unspecified atom stereocenters. The fourth-order valence-electron chi connectivity index (χ4n) is 4.38. The van der Waals surface area contributed by atoms with Crippen molar-refractivity contribution in [3.63, 3.8) is 0 Å². The molecule has 2 aromatic carbocycles. The standard InChI is InChI=1S/C25H29N3O2/c26-24(29)10-9-18-5-7-19(8-6-18)15-20-11-13-28(14-12-20)25(30)16-21-17-27-23-4-2-1-3-22(21)23/h1-8,17,20,27H,9-16H2,(H2,26,29). The number of H-pyrrole nitrogens is 1. The van der Waals surface area contributed by atoms with Crippen LogP contribution in [0.25, 0.3) is 10.9 Å². The smallest absolute Gasteiger partial charge is 0.227 e. The second kappa shape index (κ2) is 9.16. The lowest BCUT2D eigenvalue weighted by atomic mass is 9.89. The van der Waals surface area contributed by atoms with E-state index in [-0.39, 0.29) is 11.8 Å². The first-order chi connectivity index (χ1) is 14.6. The zero-order valence-corrected chi connectivity index (χ0v) is 17.3. The van der Waals surface area contributed by atoms with Crippen LogP contribution in [-0.4, -0.2) is 34.8 Å². The average Bonchev–Trinajstić information content (AvgIpc) is 3.16. The Kier molecular flexibility index (Phi) is 6.17. The lowest BCUT2D eigenvalue weighted by Gasteiger charge is -2.32. The lowest BCUT2D eigenvalue weighted by Crippen LogP contribution is -2.39. The van der Waals surface area contributed by atoms with Crippen molar-refractivity contribution in [1.29, 1.82) is 0 Å². The summed E-state index contributed by atoms with van der Waals surface area (Å²) in [5.74, 6) is 0.570. The Bertz CT molecular complexity index is 1010. The average molecular weight is 404 g/mol. The van der Waals surface area contributed by atoms with Crippen LogP contribution in [0.5, 0.6) is 0 Å².